The lowest BCUT2D eigenvalue weighted by atomic mass is 10.2. The smallest absolute Gasteiger partial charge is 0.306 e. The highest BCUT2D eigenvalue weighted by atomic mass is 32.2. The maximum absolute atomic E-state index is 13.6. The lowest BCUT2D eigenvalue weighted by molar-refractivity contribution is -0.153. The van der Waals surface area contributed by atoms with E-state index in [1.165, 1.54) is 13.0 Å². The van der Waals surface area contributed by atoms with Gasteiger partial charge in [-0.2, -0.15) is 0 Å². The summed E-state index contributed by atoms with van der Waals surface area (Å²) in [6.45, 7) is 1.34. The molecule has 3 rings (SSSR count). The molecule has 1 heterocycles. The normalized spacial score (nSPS) is 16.2. The second-order valence-corrected chi connectivity index (χ2v) is 8.43. The molecular weight excluding hydrogens is 451 g/mol. The van der Waals surface area contributed by atoms with E-state index < -0.39 is 51.1 Å². The van der Waals surface area contributed by atoms with Crippen molar-refractivity contribution in [2.24, 2.45) is 4.99 Å². The number of rotatable bonds is 7. The Labute approximate surface area is 181 Å². The standard InChI is InChI=1S/C20H18F3N3O5S/c1-11(20(28)25-14-9-8-13(21)17(22)18(14)23)31-16(27)7-4-10-24-19-12-5-2-3-6-15(12)32(29,30)26-19/h2-3,5-6,8-9,11H,4,7,10H2,1H3,(H,24,26)(H,25,28)/t11-/m0/s1. The van der Waals surface area contributed by atoms with E-state index in [0.717, 1.165) is 6.07 Å². The van der Waals surface area contributed by atoms with Crippen LogP contribution in [-0.2, 0) is 24.3 Å². The van der Waals surface area contributed by atoms with Gasteiger partial charge < -0.3 is 10.1 Å². The number of halogens is 3. The van der Waals surface area contributed by atoms with Crippen LogP contribution >= 0.6 is 0 Å². The Morgan fingerprint density at radius 1 is 1.12 bits per heavy atom. The summed E-state index contributed by atoms with van der Waals surface area (Å²) in [7, 11) is -3.66. The summed E-state index contributed by atoms with van der Waals surface area (Å²) in [4.78, 5) is 28.2. The van der Waals surface area contributed by atoms with Gasteiger partial charge >= 0.3 is 5.97 Å². The molecule has 0 fully saturated rings. The lowest BCUT2D eigenvalue weighted by Crippen LogP contribution is -2.30. The number of esters is 1. The lowest BCUT2D eigenvalue weighted by Gasteiger charge is -2.14. The van der Waals surface area contributed by atoms with E-state index in [-0.39, 0.29) is 30.1 Å². The molecule has 12 heteroatoms. The average molecular weight is 469 g/mol. The number of carbonyl (C=O) groups is 2. The number of nitrogens with zero attached hydrogens (tertiary/aromatic N) is 1. The number of nitrogens with one attached hydrogen (secondary N) is 2. The van der Waals surface area contributed by atoms with Crippen molar-refractivity contribution in [1.29, 1.82) is 0 Å². The summed E-state index contributed by atoms with van der Waals surface area (Å²) in [5.41, 5.74) is -0.156. The zero-order valence-corrected chi connectivity index (χ0v) is 17.5. The number of carbonyl (C=O) groups excluding carboxylic acids is 2. The van der Waals surface area contributed by atoms with Gasteiger partial charge in [0, 0.05) is 18.5 Å². The van der Waals surface area contributed by atoms with Crippen molar-refractivity contribution in [1.82, 2.24) is 4.72 Å². The summed E-state index contributed by atoms with van der Waals surface area (Å²) in [5.74, 6) is -6.21. The molecule has 1 amide bonds. The Kier molecular flexibility index (Phi) is 6.82. The van der Waals surface area contributed by atoms with Gasteiger partial charge in [-0.05, 0) is 37.6 Å². The van der Waals surface area contributed by atoms with E-state index >= 15 is 0 Å². The molecule has 0 saturated carbocycles. The molecule has 0 spiro atoms. The molecule has 170 valence electrons. The van der Waals surface area contributed by atoms with E-state index in [9.17, 15) is 31.2 Å². The number of amides is 1. The third kappa shape index (κ3) is 5.07. The topological polar surface area (TPSA) is 114 Å². The number of hydrogen-bond donors (Lipinski definition) is 2. The Morgan fingerprint density at radius 3 is 2.59 bits per heavy atom. The summed E-state index contributed by atoms with van der Waals surface area (Å²) in [6.07, 6.45) is -1.24. The molecule has 0 unspecified atom stereocenters. The van der Waals surface area contributed by atoms with Crippen LogP contribution in [0.2, 0.25) is 0 Å². The number of fused-ring (bicyclic) bond motifs is 1. The van der Waals surface area contributed by atoms with Gasteiger partial charge in [0.05, 0.1) is 10.6 Å². The zero-order chi connectivity index (χ0) is 23.5. The maximum Gasteiger partial charge on any atom is 0.306 e. The van der Waals surface area contributed by atoms with Crippen molar-refractivity contribution in [3.8, 4) is 0 Å². The number of ether oxygens (including phenoxy) is 1. The van der Waals surface area contributed by atoms with Crippen LogP contribution in [0.15, 0.2) is 46.3 Å². The molecular formula is C20H18F3N3O5S. The number of hydrogen-bond acceptors (Lipinski definition) is 6. The SMILES string of the molecule is C[C@H](OC(=O)CCCN=C1NS(=O)(=O)c2ccccc21)C(=O)Nc1ccc(F)c(F)c1F. The first-order chi connectivity index (χ1) is 15.1. The maximum atomic E-state index is 13.6. The average Bonchev–Trinajstić information content (AvgIpc) is 3.02. The highest BCUT2D eigenvalue weighted by Crippen LogP contribution is 2.22. The van der Waals surface area contributed by atoms with E-state index in [1.54, 1.807) is 18.2 Å². The van der Waals surface area contributed by atoms with Crippen LogP contribution in [0.3, 0.4) is 0 Å². The largest absolute Gasteiger partial charge is 0.453 e. The van der Waals surface area contributed by atoms with Crippen molar-refractivity contribution in [2.75, 3.05) is 11.9 Å². The Morgan fingerprint density at radius 2 is 1.84 bits per heavy atom. The van der Waals surface area contributed by atoms with Gasteiger partial charge in [-0.15, -0.1) is 0 Å². The monoisotopic (exact) mass is 469 g/mol. The van der Waals surface area contributed by atoms with Gasteiger partial charge in [0.15, 0.2) is 23.6 Å². The number of sulfonamides is 1. The second kappa shape index (κ2) is 9.39. The van der Waals surface area contributed by atoms with Gasteiger partial charge in [0.2, 0.25) is 0 Å². The third-order valence-electron chi connectivity index (χ3n) is 4.44. The summed E-state index contributed by atoms with van der Waals surface area (Å²) in [5, 5.41) is 2.02. The Hall–Kier alpha value is -3.41. The fraction of sp³-hybridized carbons (Fsp3) is 0.250. The molecule has 0 bridgehead atoms. The van der Waals surface area contributed by atoms with Crippen molar-refractivity contribution in [3.63, 3.8) is 0 Å². The van der Waals surface area contributed by atoms with Crippen LogP contribution in [0.5, 0.6) is 0 Å². The van der Waals surface area contributed by atoms with Gasteiger partial charge in [0.25, 0.3) is 15.9 Å². The number of aliphatic imine (C=N–C) groups is 1. The van der Waals surface area contributed by atoms with Crippen molar-refractivity contribution < 1.29 is 35.9 Å². The molecule has 1 aliphatic rings. The van der Waals surface area contributed by atoms with Crippen LogP contribution in [0.25, 0.3) is 0 Å². The molecule has 0 saturated heterocycles. The quantitative estimate of drug-likeness (QED) is 0.368. The van der Waals surface area contributed by atoms with Crippen molar-refractivity contribution in [2.45, 2.75) is 30.8 Å². The predicted octanol–water partition coefficient (Wildman–Crippen LogP) is 2.49. The summed E-state index contributed by atoms with van der Waals surface area (Å²) >= 11 is 0. The highest BCUT2D eigenvalue weighted by Gasteiger charge is 2.30. The summed E-state index contributed by atoms with van der Waals surface area (Å²) in [6, 6.07) is 7.82. The molecule has 32 heavy (non-hydrogen) atoms. The molecule has 1 atom stereocenters. The molecule has 2 N–H and O–H groups in total. The fourth-order valence-electron chi connectivity index (χ4n) is 2.83. The Balaban J connectivity index is 1.49. The first-order valence-electron chi connectivity index (χ1n) is 9.40. The number of benzene rings is 2. The molecule has 0 radical (unpaired) electrons. The molecule has 0 aromatic heterocycles. The van der Waals surface area contributed by atoms with Gasteiger partial charge in [-0.25, -0.2) is 21.6 Å². The highest BCUT2D eigenvalue weighted by molar-refractivity contribution is 7.90. The fourth-order valence-corrected chi connectivity index (χ4v) is 4.08. The number of amidine groups is 1. The molecule has 8 nitrogen and oxygen atoms in total. The molecule has 0 aliphatic carbocycles. The minimum Gasteiger partial charge on any atom is -0.453 e. The van der Waals surface area contributed by atoms with Crippen LogP contribution in [0.1, 0.15) is 25.3 Å². The Bertz CT molecular complexity index is 1200. The molecule has 2 aromatic rings. The minimum absolute atomic E-state index is 0.113. The first kappa shape index (κ1) is 23.3. The second-order valence-electron chi connectivity index (χ2n) is 6.78. The minimum atomic E-state index is -3.66. The van der Waals surface area contributed by atoms with E-state index in [1.807, 2.05) is 5.32 Å². The number of anilines is 1. The van der Waals surface area contributed by atoms with Gasteiger partial charge in [-0.1, -0.05) is 12.1 Å². The predicted molar refractivity (Wildman–Crippen MR) is 108 cm³/mol. The van der Waals surface area contributed by atoms with Crippen LogP contribution in [0.4, 0.5) is 18.9 Å². The molecule has 1 aliphatic heterocycles. The van der Waals surface area contributed by atoms with E-state index in [4.69, 9.17) is 4.74 Å². The van der Waals surface area contributed by atoms with E-state index in [0.29, 0.717) is 11.6 Å². The zero-order valence-electron chi connectivity index (χ0n) is 16.7. The van der Waals surface area contributed by atoms with Crippen LogP contribution < -0.4 is 10.0 Å². The first-order valence-corrected chi connectivity index (χ1v) is 10.9. The van der Waals surface area contributed by atoms with Crippen LogP contribution in [-0.4, -0.2) is 38.8 Å². The third-order valence-corrected chi connectivity index (χ3v) is 5.84. The van der Waals surface area contributed by atoms with Gasteiger partial charge in [-0.3, -0.25) is 19.3 Å². The molecule has 2 aromatic carbocycles. The van der Waals surface area contributed by atoms with Gasteiger partial charge in [0.1, 0.15) is 5.84 Å². The van der Waals surface area contributed by atoms with Crippen molar-refractivity contribution >= 4 is 33.4 Å². The van der Waals surface area contributed by atoms with Crippen molar-refractivity contribution in [3.05, 3.63) is 59.4 Å². The van der Waals surface area contributed by atoms with E-state index in [2.05, 4.69) is 9.71 Å². The van der Waals surface area contributed by atoms with Crippen LogP contribution in [0, 0.1) is 17.5 Å². The summed E-state index contributed by atoms with van der Waals surface area (Å²) < 4.78 is 71.1.